The van der Waals surface area contributed by atoms with Crippen LogP contribution in [0.2, 0.25) is 5.02 Å². The minimum atomic E-state index is 0.116. The highest BCUT2D eigenvalue weighted by Gasteiger charge is 2.05. The van der Waals surface area contributed by atoms with E-state index >= 15 is 0 Å². The number of nitrogens with one attached hydrogen (secondary N) is 1. The number of benzene rings is 2. The molecule has 0 aromatic heterocycles. The Bertz CT molecular complexity index is 689. The summed E-state index contributed by atoms with van der Waals surface area (Å²) in [5, 5.41) is 15.8. The maximum absolute atomic E-state index is 8.69. The van der Waals surface area contributed by atoms with Gasteiger partial charge in [0.2, 0.25) is 0 Å². The molecular formula is C15H15ClIN3O. The molecule has 0 amide bonds. The van der Waals surface area contributed by atoms with Crippen molar-refractivity contribution in [3.63, 3.8) is 0 Å². The molecule has 0 saturated heterocycles. The van der Waals surface area contributed by atoms with Crippen molar-refractivity contribution in [2.45, 2.75) is 13.5 Å². The number of nitrogens with two attached hydrogens (primary N) is 1. The van der Waals surface area contributed by atoms with Gasteiger partial charge in [-0.3, -0.25) is 0 Å². The second kappa shape index (κ2) is 7.00. The fourth-order valence-corrected chi connectivity index (χ4v) is 3.00. The molecule has 6 heteroatoms. The van der Waals surface area contributed by atoms with Crippen molar-refractivity contribution >= 4 is 45.7 Å². The molecule has 0 unspecified atom stereocenters. The van der Waals surface area contributed by atoms with Crippen LogP contribution in [0.15, 0.2) is 41.6 Å². The summed E-state index contributed by atoms with van der Waals surface area (Å²) in [7, 11) is 0. The first kappa shape index (κ1) is 15.9. The number of nitrogens with zero attached hydrogens (tertiary/aromatic N) is 1. The highest BCUT2D eigenvalue weighted by molar-refractivity contribution is 14.1. The van der Waals surface area contributed by atoms with E-state index in [9.17, 15) is 0 Å². The monoisotopic (exact) mass is 415 g/mol. The van der Waals surface area contributed by atoms with Crippen LogP contribution in [0, 0.1) is 10.5 Å². The third-order valence-electron chi connectivity index (χ3n) is 3.15. The fraction of sp³-hybridized carbons (Fsp3) is 0.133. The highest BCUT2D eigenvalue weighted by Crippen LogP contribution is 2.23. The molecule has 0 spiro atoms. The zero-order chi connectivity index (χ0) is 15.4. The van der Waals surface area contributed by atoms with Gasteiger partial charge in [0.05, 0.1) is 0 Å². The zero-order valence-corrected chi connectivity index (χ0v) is 14.3. The van der Waals surface area contributed by atoms with E-state index in [1.807, 2.05) is 43.3 Å². The summed E-state index contributed by atoms with van der Waals surface area (Å²) in [5.74, 6) is 0.116. The van der Waals surface area contributed by atoms with Crippen LogP contribution in [0.3, 0.4) is 0 Å². The fourth-order valence-electron chi connectivity index (χ4n) is 1.93. The molecular weight excluding hydrogens is 401 g/mol. The lowest BCUT2D eigenvalue weighted by Crippen LogP contribution is -2.13. The average molecular weight is 416 g/mol. The van der Waals surface area contributed by atoms with Crippen LogP contribution >= 0.6 is 34.2 Å². The van der Waals surface area contributed by atoms with Crippen LogP contribution in [0.25, 0.3) is 0 Å². The maximum atomic E-state index is 8.69. The summed E-state index contributed by atoms with van der Waals surface area (Å²) < 4.78 is 1.08. The molecule has 2 rings (SSSR count). The van der Waals surface area contributed by atoms with Crippen molar-refractivity contribution in [1.82, 2.24) is 0 Å². The average Bonchev–Trinajstić information content (AvgIpc) is 2.46. The minimum Gasteiger partial charge on any atom is -0.409 e. The Kier molecular flexibility index (Phi) is 5.30. The molecule has 2 aromatic carbocycles. The van der Waals surface area contributed by atoms with Crippen LogP contribution < -0.4 is 11.1 Å². The Balaban J connectivity index is 2.13. The van der Waals surface area contributed by atoms with E-state index in [1.54, 1.807) is 0 Å². The van der Waals surface area contributed by atoms with Crippen molar-refractivity contribution in [1.29, 1.82) is 0 Å². The minimum absolute atomic E-state index is 0.116. The van der Waals surface area contributed by atoms with Crippen LogP contribution in [-0.4, -0.2) is 11.0 Å². The Morgan fingerprint density at radius 1 is 1.33 bits per heavy atom. The molecule has 0 fully saturated rings. The maximum Gasteiger partial charge on any atom is 0.170 e. The number of amidine groups is 1. The second-order valence-electron chi connectivity index (χ2n) is 4.60. The number of aryl methyl sites for hydroxylation is 1. The lowest BCUT2D eigenvalue weighted by molar-refractivity contribution is 0.318. The quantitative estimate of drug-likeness (QED) is 0.233. The third-order valence-corrected chi connectivity index (χ3v) is 4.27. The normalized spacial score (nSPS) is 11.5. The molecule has 110 valence electrons. The van der Waals surface area contributed by atoms with Gasteiger partial charge in [-0.05, 0) is 64.9 Å². The van der Waals surface area contributed by atoms with E-state index in [0.717, 1.165) is 25.4 Å². The lowest BCUT2D eigenvalue weighted by Gasteiger charge is -2.12. The van der Waals surface area contributed by atoms with Gasteiger partial charge in [-0.2, -0.15) is 0 Å². The van der Waals surface area contributed by atoms with Gasteiger partial charge in [-0.25, -0.2) is 0 Å². The van der Waals surface area contributed by atoms with Crippen LogP contribution in [0.1, 0.15) is 16.7 Å². The van der Waals surface area contributed by atoms with Gasteiger partial charge in [0.15, 0.2) is 5.84 Å². The predicted octanol–water partition coefficient (Wildman–Crippen LogP) is 3.96. The largest absolute Gasteiger partial charge is 0.409 e. The van der Waals surface area contributed by atoms with E-state index < -0.39 is 0 Å². The first-order valence-electron chi connectivity index (χ1n) is 6.27. The SMILES string of the molecule is Cc1cc(/C(N)=N/O)ccc1CNc1ccc(Cl)cc1I. The summed E-state index contributed by atoms with van der Waals surface area (Å²) in [6.07, 6.45) is 0. The molecule has 0 aliphatic heterocycles. The number of hydrogen-bond acceptors (Lipinski definition) is 3. The van der Waals surface area contributed by atoms with Crippen LogP contribution in [-0.2, 0) is 6.54 Å². The predicted molar refractivity (Wildman–Crippen MR) is 95.2 cm³/mol. The van der Waals surface area contributed by atoms with Gasteiger partial charge in [0.25, 0.3) is 0 Å². The first-order chi connectivity index (χ1) is 10.0. The van der Waals surface area contributed by atoms with Gasteiger partial charge in [-0.15, -0.1) is 0 Å². The molecule has 0 heterocycles. The highest BCUT2D eigenvalue weighted by atomic mass is 127. The number of anilines is 1. The van der Waals surface area contributed by atoms with Crippen molar-refractivity contribution in [3.8, 4) is 0 Å². The molecule has 4 nitrogen and oxygen atoms in total. The van der Waals surface area contributed by atoms with Gasteiger partial charge in [0, 0.05) is 26.4 Å². The first-order valence-corrected chi connectivity index (χ1v) is 7.73. The molecule has 0 aliphatic carbocycles. The molecule has 4 N–H and O–H groups in total. The summed E-state index contributed by atoms with van der Waals surface area (Å²) >= 11 is 8.19. The number of hydrogen-bond donors (Lipinski definition) is 3. The molecule has 0 bridgehead atoms. The standard InChI is InChI=1S/C15H15ClIN3O/c1-9-6-10(15(18)20-21)2-3-11(9)8-19-14-5-4-12(16)7-13(14)17/h2-7,19,21H,8H2,1H3,(H2,18,20). The van der Waals surface area contributed by atoms with Crippen molar-refractivity contribution < 1.29 is 5.21 Å². The van der Waals surface area contributed by atoms with Gasteiger partial charge >= 0.3 is 0 Å². The van der Waals surface area contributed by atoms with E-state index in [0.29, 0.717) is 12.1 Å². The Morgan fingerprint density at radius 3 is 2.71 bits per heavy atom. The summed E-state index contributed by atoms with van der Waals surface area (Å²) in [6, 6.07) is 11.5. The van der Waals surface area contributed by atoms with E-state index in [2.05, 4.69) is 33.1 Å². The molecule has 0 saturated carbocycles. The summed E-state index contributed by atoms with van der Waals surface area (Å²) in [5.41, 5.74) is 9.56. The number of halogens is 2. The smallest absolute Gasteiger partial charge is 0.170 e. The summed E-state index contributed by atoms with van der Waals surface area (Å²) in [6.45, 7) is 2.69. The Morgan fingerprint density at radius 2 is 2.10 bits per heavy atom. The van der Waals surface area contributed by atoms with Crippen LogP contribution in [0.4, 0.5) is 5.69 Å². The van der Waals surface area contributed by atoms with Crippen molar-refractivity contribution in [2.75, 3.05) is 5.32 Å². The molecule has 21 heavy (non-hydrogen) atoms. The molecule has 0 radical (unpaired) electrons. The van der Waals surface area contributed by atoms with E-state index in [-0.39, 0.29) is 5.84 Å². The van der Waals surface area contributed by atoms with Crippen molar-refractivity contribution in [3.05, 3.63) is 61.7 Å². The Hall–Kier alpha value is -1.47. The lowest BCUT2D eigenvalue weighted by atomic mass is 10.0. The Labute approximate surface area is 142 Å². The van der Waals surface area contributed by atoms with Gasteiger partial charge in [0.1, 0.15) is 0 Å². The summed E-state index contributed by atoms with van der Waals surface area (Å²) in [4.78, 5) is 0. The van der Waals surface area contributed by atoms with E-state index in [1.165, 1.54) is 0 Å². The van der Waals surface area contributed by atoms with Crippen molar-refractivity contribution in [2.24, 2.45) is 10.9 Å². The number of oxime groups is 1. The molecule has 0 aliphatic rings. The van der Waals surface area contributed by atoms with E-state index in [4.69, 9.17) is 22.5 Å². The topological polar surface area (TPSA) is 70.6 Å². The van der Waals surface area contributed by atoms with Crippen LogP contribution in [0.5, 0.6) is 0 Å². The van der Waals surface area contributed by atoms with Gasteiger partial charge < -0.3 is 16.3 Å². The number of rotatable bonds is 4. The zero-order valence-electron chi connectivity index (χ0n) is 11.4. The molecule has 2 aromatic rings. The van der Waals surface area contributed by atoms with Gasteiger partial charge in [-0.1, -0.05) is 28.9 Å². The molecule has 0 atom stereocenters. The third kappa shape index (κ3) is 4.01. The second-order valence-corrected chi connectivity index (χ2v) is 6.20.